The first-order valence-corrected chi connectivity index (χ1v) is 5.82. The van der Waals surface area contributed by atoms with Crippen molar-refractivity contribution in [1.29, 1.82) is 0 Å². The second kappa shape index (κ2) is 5.27. The van der Waals surface area contributed by atoms with E-state index in [1.165, 1.54) is 0 Å². The fraction of sp³-hybridized carbons (Fsp3) is 0.222. The van der Waals surface area contributed by atoms with Gasteiger partial charge in [0.2, 0.25) is 0 Å². The normalized spacial score (nSPS) is 10.4. The van der Waals surface area contributed by atoms with Crippen molar-refractivity contribution in [3.8, 4) is 0 Å². The molecule has 1 N–H and O–H groups in total. The van der Waals surface area contributed by atoms with Gasteiger partial charge in [-0.1, -0.05) is 16.8 Å². The van der Waals surface area contributed by atoms with E-state index in [0.717, 1.165) is 4.47 Å². The van der Waals surface area contributed by atoms with Crippen LogP contribution in [0, 0.1) is 0 Å². The minimum atomic E-state index is 0.591. The number of rotatable bonds is 4. The van der Waals surface area contributed by atoms with Crippen LogP contribution in [0.5, 0.6) is 0 Å². The minimum Gasteiger partial charge on any atom is -0.367 e. The maximum absolute atomic E-state index is 6.00. The molecule has 0 saturated heterocycles. The largest absolute Gasteiger partial charge is 0.367 e. The van der Waals surface area contributed by atoms with E-state index in [0.29, 0.717) is 23.9 Å². The van der Waals surface area contributed by atoms with Gasteiger partial charge in [-0.15, -0.1) is 5.10 Å². The summed E-state index contributed by atoms with van der Waals surface area (Å²) in [6, 6.07) is 1.80. The SMILES string of the molecule is Clc1cc(Br)cnc1NCCn1ccnn1. The fourth-order valence-electron chi connectivity index (χ4n) is 1.19. The number of pyridine rings is 1. The molecule has 0 unspecified atom stereocenters. The van der Waals surface area contributed by atoms with Gasteiger partial charge in [0, 0.05) is 23.4 Å². The molecule has 0 aliphatic carbocycles. The lowest BCUT2D eigenvalue weighted by molar-refractivity contribution is 0.608. The van der Waals surface area contributed by atoms with Gasteiger partial charge in [0.25, 0.3) is 0 Å². The van der Waals surface area contributed by atoms with E-state index in [2.05, 4.69) is 36.5 Å². The number of hydrogen-bond donors (Lipinski definition) is 1. The van der Waals surface area contributed by atoms with Crippen LogP contribution in [0.2, 0.25) is 5.02 Å². The van der Waals surface area contributed by atoms with Gasteiger partial charge in [0.05, 0.1) is 17.8 Å². The highest BCUT2D eigenvalue weighted by Gasteiger charge is 2.01. The number of anilines is 1. The molecular formula is C9H9BrClN5. The lowest BCUT2D eigenvalue weighted by Gasteiger charge is -2.07. The quantitative estimate of drug-likeness (QED) is 0.941. The van der Waals surface area contributed by atoms with Crippen LogP contribution in [0.25, 0.3) is 0 Å². The first kappa shape index (κ1) is 11.3. The lowest BCUT2D eigenvalue weighted by atomic mass is 10.4. The summed E-state index contributed by atoms with van der Waals surface area (Å²) in [7, 11) is 0. The minimum absolute atomic E-state index is 0.591. The molecule has 2 heterocycles. The number of nitrogens with zero attached hydrogens (tertiary/aromatic N) is 4. The lowest BCUT2D eigenvalue weighted by Crippen LogP contribution is -2.12. The summed E-state index contributed by atoms with van der Waals surface area (Å²) in [5.41, 5.74) is 0. The van der Waals surface area contributed by atoms with Gasteiger partial charge in [-0.2, -0.15) is 0 Å². The molecule has 0 aliphatic heterocycles. The molecule has 2 aromatic heterocycles. The molecule has 0 atom stereocenters. The maximum atomic E-state index is 6.00. The molecule has 0 fully saturated rings. The number of halogens is 2. The van der Waals surface area contributed by atoms with Crippen molar-refractivity contribution in [2.45, 2.75) is 6.54 Å². The van der Waals surface area contributed by atoms with E-state index in [-0.39, 0.29) is 0 Å². The predicted octanol–water partition coefficient (Wildman–Crippen LogP) is 2.20. The molecule has 0 aliphatic rings. The van der Waals surface area contributed by atoms with Crippen molar-refractivity contribution in [2.24, 2.45) is 0 Å². The van der Waals surface area contributed by atoms with Gasteiger partial charge in [-0.05, 0) is 22.0 Å². The van der Waals surface area contributed by atoms with Gasteiger partial charge in [-0.3, -0.25) is 4.68 Å². The molecule has 84 valence electrons. The Morgan fingerprint density at radius 2 is 2.38 bits per heavy atom. The fourth-order valence-corrected chi connectivity index (χ4v) is 1.88. The molecule has 2 aromatic rings. The second-order valence-corrected chi connectivity index (χ2v) is 4.40. The number of nitrogens with one attached hydrogen (secondary N) is 1. The molecule has 0 bridgehead atoms. The third-order valence-electron chi connectivity index (χ3n) is 1.91. The number of hydrogen-bond acceptors (Lipinski definition) is 4. The van der Waals surface area contributed by atoms with Crippen LogP contribution in [0.3, 0.4) is 0 Å². The summed E-state index contributed by atoms with van der Waals surface area (Å²) in [4.78, 5) is 4.16. The van der Waals surface area contributed by atoms with E-state index in [9.17, 15) is 0 Å². The summed E-state index contributed by atoms with van der Waals surface area (Å²) < 4.78 is 2.60. The third kappa shape index (κ3) is 2.93. The van der Waals surface area contributed by atoms with Crippen LogP contribution in [-0.4, -0.2) is 26.5 Å². The highest BCUT2D eigenvalue weighted by molar-refractivity contribution is 9.10. The van der Waals surface area contributed by atoms with E-state index < -0.39 is 0 Å². The highest BCUT2D eigenvalue weighted by Crippen LogP contribution is 2.22. The molecule has 0 saturated carbocycles. The molecule has 0 aromatic carbocycles. The monoisotopic (exact) mass is 301 g/mol. The Labute approximate surface area is 106 Å². The molecule has 2 rings (SSSR count). The summed E-state index contributed by atoms with van der Waals surface area (Å²) in [5.74, 6) is 0.671. The third-order valence-corrected chi connectivity index (χ3v) is 2.63. The molecule has 0 radical (unpaired) electrons. The Balaban J connectivity index is 1.90. The van der Waals surface area contributed by atoms with Gasteiger partial charge < -0.3 is 5.32 Å². The summed E-state index contributed by atoms with van der Waals surface area (Å²) in [6.45, 7) is 1.41. The second-order valence-electron chi connectivity index (χ2n) is 3.08. The van der Waals surface area contributed by atoms with Gasteiger partial charge in [0.15, 0.2) is 0 Å². The molecular weight excluding hydrogens is 293 g/mol. The van der Waals surface area contributed by atoms with Crippen molar-refractivity contribution in [3.63, 3.8) is 0 Å². The summed E-state index contributed by atoms with van der Waals surface area (Å²) in [6.07, 6.45) is 5.15. The zero-order valence-electron chi connectivity index (χ0n) is 8.27. The van der Waals surface area contributed by atoms with E-state index in [4.69, 9.17) is 11.6 Å². The van der Waals surface area contributed by atoms with Crippen LogP contribution in [0.15, 0.2) is 29.1 Å². The van der Waals surface area contributed by atoms with E-state index in [1.807, 2.05) is 0 Å². The van der Waals surface area contributed by atoms with E-state index >= 15 is 0 Å². The van der Waals surface area contributed by atoms with Crippen LogP contribution in [-0.2, 0) is 6.54 Å². The van der Waals surface area contributed by atoms with Crippen LogP contribution in [0.4, 0.5) is 5.82 Å². The van der Waals surface area contributed by atoms with Crippen molar-refractivity contribution in [2.75, 3.05) is 11.9 Å². The van der Waals surface area contributed by atoms with Gasteiger partial charge in [-0.25, -0.2) is 4.98 Å². The molecule has 0 amide bonds. The zero-order chi connectivity index (χ0) is 11.4. The summed E-state index contributed by atoms with van der Waals surface area (Å²) in [5, 5.41) is 11.3. The Hall–Kier alpha value is -1.14. The van der Waals surface area contributed by atoms with E-state index in [1.54, 1.807) is 29.3 Å². The van der Waals surface area contributed by atoms with Crippen molar-refractivity contribution < 1.29 is 0 Å². The number of aromatic nitrogens is 4. The van der Waals surface area contributed by atoms with Crippen molar-refractivity contribution >= 4 is 33.3 Å². The average Bonchev–Trinajstić information content (AvgIpc) is 2.74. The highest BCUT2D eigenvalue weighted by atomic mass is 79.9. The van der Waals surface area contributed by atoms with Gasteiger partial charge >= 0.3 is 0 Å². The van der Waals surface area contributed by atoms with Crippen molar-refractivity contribution in [1.82, 2.24) is 20.0 Å². The molecule has 0 spiro atoms. The Morgan fingerprint density at radius 3 is 3.06 bits per heavy atom. The van der Waals surface area contributed by atoms with Crippen LogP contribution < -0.4 is 5.32 Å². The van der Waals surface area contributed by atoms with Crippen molar-refractivity contribution in [3.05, 3.63) is 34.2 Å². The van der Waals surface area contributed by atoms with Crippen LogP contribution in [0.1, 0.15) is 0 Å². The molecule has 16 heavy (non-hydrogen) atoms. The van der Waals surface area contributed by atoms with Gasteiger partial charge in [0.1, 0.15) is 5.82 Å². The van der Waals surface area contributed by atoms with Crippen LogP contribution >= 0.6 is 27.5 Å². The summed E-state index contributed by atoms with van der Waals surface area (Å²) >= 11 is 9.30. The Bertz CT molecular complexity index is 459. The topological polar surface area (TPSA) is 55.6 Å². The predicted molar refractivity (Wildman–Crippen MR) is 65.5 cm³/mol. The maximum Gasteiger partial charge on any atom is 0.144 e. The average molecular weight is 303 g/mol. The molecule has 7 heteroatoms. The first-order chi connectivity index (χ1) is 7.75. The Morgan fingerprint density at radius 1 is 1.50 bits per heavy atom. The first-order valence-electron chi connectivity index (χ1n) is 4.65. The smallest absolute Gasteiger partial charge is 0.144 e. The Kier molecular flexibility index (Phi) is 3.74. The zero-order valence-corrected chi connectivity index (χ0v) is 10.6. The molecule has 5 nitrogen and oxygen atoms in total. The standard InChI is InChI=1S/C9H9BrClN5/c10-7-5-8(11)9(13-6-7)12-1-3-16-4-2-14-15-16/h2,4-6H,1,3H2,(H,12,13).